The van der Waals surface area contributed by atoms with Gasteiger partial charge in [0, 0.05) is 30.4 Å². The standard InChI is InChI=1S/C16H14ClFN4O4S2/c17-11-8-10(2-3-12(11)18)20-15(24)14-9-13(16-19-4-7-27-16)21-28(25,26)22(14)5-1-6-23/h2-4,7-9,23H,1,5-6H2,(H,20,24). The number of aliphatic hydroxyl groups excluding tert-OH is 1. The monoisotopic (exact) mass is 444 g/mol. The molecule has 0 saturated carbocycles. The lowest BCUT2D eigenvalue weighted by atomic mass is 10.2. The Kier molecular flexibility index (Phi) is 6.08. The normalized spacial score (nSPS) is 15.8. The lowest BCUT2D eigenvalue weighted by Gasteiger charge is -2.26. The van der Waals surface area contributed by atoms with E-state index in [2.05, 4.69) is 14.7 Å². The number of halogens is 2. The van der Waals surface area contributed by atoms with Crippen molar-refractivity contribution < 1.29 is 22.7 Å². The van der Waals surface area contributed by atoms with Gasteiger partial charge in [-0.3, -0.25) is 4.79 Å². The number of thiazole rings is 1. The van der Waals surface area contributed by atoms with Crippen LogP contribution in [0.15, 0.2) is 45.9 Å². The minimum atomic E-state index is -4.21. The summed E-state index contributed by atoms with van der Waals surface area (Å²) in [7, 11) is -4.21. The number of benzene rings is 1. The Bertz CT molecular complexity index is 1050. The molecule has 0 aliphatic carbocycles. The quantitative estimate of drug-likeness (QED) is 0.709. The molecule has 2 aromatic rings. The van der Waals surface area contributed by atoms with Gasteiger partial charge in [-0.1, -0.05) is 11.6 Å². The summed E-state index contributed by atoms with van der Waals surface area (Å²) in [6.07, 6.45) is 2.90. The fourth-order valence-corrected chi connectivity index (χ4v) is 4.44. The van der Waals surface area contributed by atoms with E-state index < -0.39 is 21.9 Å². The van der Waals surface area contributed by atoms with Crippen LogP contribution in [0.5, 0.6) is 0 Å². The van der Waals surface area contributed by atoms with Gasteiger partial charge in [0.05, 0.1) is 5.02 Å². The van der Waals surface area contributed by atoms with Crippen molar-refractivity contribution in [1.29, 1.82) is 0 Å². The summed E-state index contributed by atoms with van der Waals surface area (Å²) in [5, 5.41) is 13.3. The predicted molar refractivity (Wildman–Crippen MR) is 104 cm³/mol. The van der Waals surface area contributed by atoms with E-state index in [-0.39, 0.29) is 41.7 Å². The van der Waals surface area contributed by atoms with Crippen LogP contribution in [0.2, 0.25) is 5.02 Å². The molecule has 1 aromatic heterocycles. The van der Waals surface area contributed by atoms with Crippen molar-refractivity contribution in [1.82, 2.24) is 9.29 Å². The molecule has 1 aliphatic rings. The van der Waals surface area contributed by atoms with Crippen LogP contribution in [0.4, 0.5) is 10.1 Å². The van der Waals surface area contributed by atoms with Gasteiger partial charge >= 0.3 is 10.2 Å². The van der Waals surface area contributed by atoms with Gasteiger partial charge in [-0.15, -0.1) is 15.7 Å². The van der Waals surface area contributed by atoms with Crippen molar-refractivity contribution in [2.75, 3.05) is 18.5 Å². The first-order valence-electron chi connectivity index (χ1n) is 7.93. The molecule has 0 radical (unpaired) electrons. The Morgan fingerprint density at radius 2 is 2.18 bits per heavy atom. The van der Waals surface area contributed by atoms with Gasteiger partial charge in [0.1, 0.15) is 22.2 Å². The zero-order valence-electron chi connectivity index (χ0n) is 14.2. The summed E-state index contributed by atoms with van der Waals surface area (Å²) in [5.41, 5.74) is 0.0155. The van der Waals surface area contributed by atoms with Crippen LogP contribution < -0.4 is 5.32 Å². The lowest BCUT2D eigenvalue weighted by molar-refractivity contribution is -0.113. The summed E-state index contributed by atoms with van der Waals surface area (Å²) in [5.74, 6) is -1.41. The molecule has 0 atom stereocenters. The molecule has 1 aliphatic heterocycles. The van der Waals surface area contributed by atoms with E-state index in [9.17, 15) is 17.6 Å². The van der Waals surface area contributed by atoms with Crippen LogP contribution in [0.1, 0.15) is 11.4 Å². The van der Waals surface area contributed by atoms with Gasteiger partial charge in [0.2, 0.25) is 0 Å². The van der Waals surface area contributed by atoms with Crippen molar-refractivity contribution >= 4 is 50.5 Å². The number of rotatable bonds is 6. The first-order chi connectivity index (χ1) is 13.3. The summed E-state index contributed by atoms with van der Waals surface area (Å²) in [4.78, 5) is 16.8. The van der Waals surface area contributed by atoms with Gasteiger partial charge in [0.15, 0.2) is 0 Å². The second-order valence-electron chi connectivity index (χ2n) is 5.55. The summed E-state index contributed by atoms with van der Waals surface area (Å²) in [6.45, 7) is -0.408. The van der Waals surface area contributed by atoms with Crippen LogP contribution in [-0.4, -0.2) is 47.6 Å². The first-order valence-corrected chi connectivity index (χ1v) is 10.6. The maximum atomic E-state index is 13.3. The Balaban J connectivity index is 1.97. The molecule has 3 rings (SSSR count). The number of hydrogen-bond acceptors (Lipinski definition) is 6. The van der Waals surface area contributed by atoms with Crippen LogP contribution >= 0.6 is 22.9 Å². The number of allylic oxidation sites excluding steroid dienone is 1. The third-order valence-corrected chi connectivity index (χ3v) is 6.06. The molecule has 8 nitrogen and oxygen atoms in total. The maximum absolute atomic E-state index is 13.3. The molecule has 0 unspecified atom stereocenters. The molecule has 0 bridgehead atoms. The number of anilines is 1. The Morgan fingerprint density at radius 1 is 1.39 bits per heavy atom. The lowest BCUT2D eigenvalue weighted by Crippen LogP contribution is -2.39. The zero-order chi connectivity index (χ0) is 20.3. The van der Waals surface area contributed by atoms with Gasteiger partial charge in [0.25, 0.3) is 5.91 Å². The molecule has 1 aromatic carbocycles. The average molecular weight is 445 g/mol. The van der Waals surface area contributed by atoms with E-state index in [0.29, 0.717) is 5.01 Å². The highest BCUT2D eigenvalue weighted by Crippen LogP contribution is 2.25. The molecular weight excluding hydrogens is 431 g/mol. The molecule has 0 fully saturated rings. The molecule has 148 valence electrons. The minimum absolute atomic E-state index is 0.0255. The van der Waals surface area contributed by atoms with Crippen molar-refractivity contribution in [3.63, 3.8) is 0 Å². The van der Waals surface area contributed by atoms with Crippen molar-refractivity contribution in [2.24, 2.45) is 4.40 Å². The Labute approximate surface area is 169 Å². The fourth-order valence-electron chi connectivity index (χ4n) is 2.37. The summed E-state index contributed by atoms with van der Waals surface area (Å²) >= 11 is 6.89. The van der Waals surface area contributed by atoms with E-state index in [1.54, 1.807) is 5.38 Å². The highest BCUT2D eigenvalue weighted by atomic mass is 35.5. The van der Waals surface area contributed by atoms with Gasteiger partial charge < -0.3 is 10.4 Å². The van der Waals surface area contributed by atoms with Crippen molar-refractivity contribution in [2.45, 2.75) is 6.42 Å². The number of aromatic nitrogens is 1. The number of nitrogens with one attached hydrogen (secondary N) is 1. The molecule has 28 heavy (non-hydrogen) atoms. The zero-order valence-corrected chi connectivity index (χ0v) is 16.6. The molecular formula is C16H14ClFN4O4S2. The van der Waals surface area contributed by atoms with Gasteiger partial charge in [-0.05, 0) is 30.7 Å². The third kappa shape index (κ3) is 4.38. The number of aliphatic hydroxyl groups is 1. The fraction of sp³-hybridized carbons (Fsp3) is 0.188. The third-order valence-electron chi connectivity index (χ3n) is 3.62. The summed E-state index contributed by atoms with van der Waals surface area (Å²) < 4.78 is 43.0. The number of carbonyl (C=O) groups excluding carboxylic acids is 1. The summed E-state index contributed by atoms with van der Waals surface area (Å²) in [6, 6.07) is 3.58. The topological polar surface area (TPSA) is 112 Å². The number of nitrogens with zero attached hydrogens (tertiary/aromatic N) is 3. The van der Waals surface area contributed by atoms with E-state index in [4.69, 9.17) is 16.7 Å². The molecule has 0 spiro atoms. The van der Waals surface area contributed by atoms with Crippen molar-refractivity contribution in [3.05, 3.63) is 57.4 Å². The highest BCUT2D eigenvalue weighted by molar-refractivity contribution is 7.88. The molecule has 2 heterocycles. The van der Waals surface area contributed by atoms with E-state index in [0.717, 1.165) is 10.4 Å². The minimum Gasteiger partial charge on any atom is -0.396 e. The van der Waals surface area contributed by atoms with E-state index in [1.165, 1.54) is 35.7 Å². The highest BCUT2D eigenvalue weighted by Gasteiger charge is 2.33. The predicted octanol–water partition coefficient (Wildman–Crippen LogP) is 2.19. The Hall–Kier alpha value is -2.34. The molecule has 1 amide bonds. The first kappa shape index (κ1) is 20.4. The van der Waals surface area contributed by atoms with Crippen LogP contribution in [-0.2, 0) is 15.0 Å². The maximum Gasteiger partial charge on any atom is 0.345 e. The SMILES string of the molecule is O=C(Nc1ccc(F)c(Cl)c1)C1=CC(c2nccs2)=NS(=O)(=O)N1CCCO. The largest absolute Gasteiger partial charge is 0.396 e. The molecule has 2 N–H and O–H groups in total. The van der Waals surface area contributed by atoms with Crippen molar-refractivity contribution in [3.8, 4) is 0 Å². The van der Waals surface area contributed by atoms with Gasteiger partial charge in [-0.2, -0.15) is 8.42 Å². The molecule has 12 heteroatoms. The van der Waals surface area contributed by atoms with Crippen LogP contribution in [0.3, 0.4) is 0 Å². The van der Waals surface area contributed by atoms with Crippen LogP contribution in [0.25, 0.3) is 0 Å². The Morgan fingerprint density at radius 3 is 2.82 bits per heavy atom. The average Bonchev–Trinajstić information content (AvgIpc) is 3.17. The van der Waals surface area contributed by atoms with Gasteiger partial charge in [-0.25, -0.2) is 13.7 Å². The number of hydrogen-bond donors (Lipinski definition) is 2. The second-order valence-corrected chi connectivity index (χ2v) is 8.37. The smallest absolute Gasteiger partial charge is 0.345 e. The second kappa shape index (κ2) is 8.35. The number of amides is 1. The van der Waals surface area contributed by atoms with Crippen LogP contribution in [0, 0.1) is 5.82 Å². The molecule has 0 saturated heterocycles. The van der Waals surface area contributed by atoms with E-state index in [1.807, 2.05) is 0 Å². The van der Waals surface area contributed by atoms with E-state index >= 15 is 0 Å². The number of carbonyl (C=O) groups is 1.